The Bertz CT molecular complexity index is 755. The van der Waals surface area contributed by atoms with E-state index < -0.39 is 15.6 Å². The zero-order valence-electron chi connectivity index (χ0n) is 11.0. The number of carbonyl (C=O) groups is 1. The Morgan fingerprint density at radius 1 is 0.952 bits per heavy atom. The number of hydrogen-bond donors (Lipinski definition) is 0. The molecule has 0 heterocycles. The van der Waals surface area contributed by atoms with Gasteiger partial charge in [0, 0.05) is 34.9 Å². The fourth-order valence-electron chi connectivity index (χ4n) is 1.87. The summed E-state index contributed by atoms with van der Waals surface area (Å²) in [6.45, 7) is 1.57. The molecule has 7 heteroatoms. The molecule has 0 aliphatic rings. The minimum absolute atomic E-state index is 0.113. The zero-order chi connectivity index (χ0) is 15.6. The van der Waals surface area contributed by atoms with Crippen LogP contribution in [0.15, 0.2) is 42.5 Å². The van der Waals surface area contributed by atoms with Crippen LogP contribution in [0.1, 0.15) is 21.5 Å². The van der Waals surface area contributed by atoms with E-state index in [1.54, 1.807) is 6.92 Å². The van der Waals surface area contributed by atoms with Gasteiger partial charge in [-0.15, -0.1) is 0 Å². The fourth-order valence-corrected chi connectivity index (χ4v) is 1.87. The lowest BCUT2D eigenvalue weighted by atomic mass is 10.0. The van der Waals surface area contributed by atoms with Crippen molar-refractivity contribution in [3.63, 3.8) is 0 Å². The Kier molecular flexibility index (Phi) is 3.75. The number of non-ortho nitro benzene ring substituents is 1. The van der Waals surface area contributed by atoms with Gasteiger partial charge in [0.2, 0.25) is 0 Å². The Hall–Kier alpha value is -3.09. The van der Waals surface area contributed by atoms with Crippen LogP contribution in [-0.2, 0) is 0 Å². The highest BCUT2D eigenvalue weighted by Gasteiger charge is 2.17. The molecule has 0 unspecified atom stereocenters. The van der Waals surface area contributed by atoms with Crippen molar-refractivity contribution < 1.29 is 14.6 Å². The van der Waals surface area contributed by atoms with E-state index >= 15 is 0 Å². The third-order valence-electron chi connectivity index (χ3n) is 2.99. The first-order valence-corrected chi connectivity index (χ1v) is 5.94. The first-order valence-electron chi connectivity index (χ1n) is 5.94. The molecule has 0 aromatic heterocycles. The average Bonchev–Trinajstić information content (AvgIpc) is 2.46. The van der Waals surface area contributed by atoms with E-state index in [4.69, 9.17) is 0 Å². The van der Waals surface area contributed by atoms with Gasteiger partial charge in [0.15, 0.2) is 5.78 Å². The molecule has 0 N–H and O–H groups in total. The topological polar surface area (TPSA) is 103 Å². The third-order valence-corrected chi connectivity index (χ3v) is 2.99. The number of hydrogen-bond acceptors (Lipinski definition) is 5. The van der Waals surface area contributed by atoms with E-state index in [9.17, 15) is 25.0 Å². The molecule has 106 valence electrons. The molecule has 21 heavy (non-hydrogen) atoms. The van der Waals surface area contributed by atoms with Crippen molar-refractivity contribution >= 4 is 17.2 Å². The lowest BCUT2D eigenvalue weighted by Crippen LogP contribution is -2.03. The number of nitrogens with zero attached hydrogens (tertiary/aromatic N) is 2. The Balaban J connectivity index is 2.45. The summed E-state index contributed by atoms with van der Waals surface area (Å²) in [5.41, 5.74) is 0.305. The highest BCUT2D eigenvalue weighted by atomic mass is 16.6. The molecule has 0 spiro atoms. The summed E-state index contributed by atoms with van der Waals surface area (Å²) >= 11 is 0. The summed E-state index contributed by atoms with van der Waals surface area (Å²) in [4.78, 5) is 32.7. The van der Waals surface area contributed by atoms with Crippen molar-refractivity contribution in [3.8, 4) is 0 Å². The molecule has 2 rings (SSSR count). The van der Waals surface area contributed by atoms with Crippen LogP contribution >= 0.6 is 0 Å². The van der Waals surface area contributed by atoms with Crippen molar-refractivity contribution in [3.05, 3.63) is 79.4 Å². The highest BCUT2D eigenvalue weighted by Crippen LogP contribution is 2.22. The van der Waals surface area contributed by atoms with Crippen LogP contribution in [0.4, 0.5) is 11.4 Å². The van der Waals surface area contributed by atoms with Crippen molar-refractivity contribution in [1.82, 2.24) is 0 Å². The maximum absolute atomic E-state index is 12.3. The van der Waals surface area contributed by atoms with Gasteiger partial charge in [-0.2, -0.15) is 0 Å². The molecule has 0 radical (unpaired) electrons. The SMILES string of the molecule is Cc1ccc(C(=O)c2cccc([N+](=O)[O-])c2)cc1[N+](=O)[O-]. The maximum atomic E-state index is 12.3. The van der Waals surface area contributed by atoms with Crippen molar-refractivity contribution in [2.24, 2.45) is 0 Å². The van der Waals surface area contributed by atoms with Crippen molar-refractivity contribution in [1.29, 1.82) is 0 Å². The third kappa shape index (κ3) is 2.92. The number of rotatable bonds is 4. The number of aryl methyl sites for hydroxylation is 1. The summed E-state index contributed by atoms with van der Waals surface area (Å²) in [5.74, 6) is -0.498. The fraction of sp³-hybridized carbons (Fsp3) is 0.0714. The van der Waals surface area contributed by atoms with Crippen LogP contribution in [0.3, 0.4) is 0 Å². The van der Waals surface area contributed by atoms with E-state index in [1.165, 1.54) is 36.4 Å². The molecule has 0 amide bonds. The second kappa shape index (κ2) is 5.49. The molecule has 0 bridgehead atoms. The minimum Gasteiger partial charge on any atom is -0.289 e. The first-order chi connectivity index (χ1) is 9.90. The van der Waals surface area contributed by atoms with E-state index in [1.807, 2.05) is 0 Å². The van der Waals surface area contributed by atoms with Crippen molar-refractivity contribution in [2.45, 2.75) is 6.92 Å². The Morgan fingerprint density at radius 3 is 2.24 bits per heavy atom. The van der Waals surface area contributed by atoms with Crippen molar-refractivity contribution in [2.75, 3.05) is 0 Å². The van der Waals surface area contributed by atoms with Gasteiger partial charge in [0.1, 0.15) is 0 Å². The first kappa shape index (κ1) is 14.3. The van der Waals surface area contributed by atoms with Crippen LogP contribution in [0, 0.1) is 27.2 Å². The number of benzene rings is 2. The van der Waals surface area contributed by atoms with Gasteiger partial charge in [-0.1, -0.05) is 24.3 Å². The van der Waals surface area contributed by atoms with E-state index in [-0.39, 0.29) is 22.5 Å². The van der Waals surface area contributed by atoms with Gasteiger partial charge >= 0.3 is 0 Å². The molecule has 0 aliphatic heterocycles. The van der Waals surface area contributed by atoms with Crippen LogP contribution in [0.25, 0.3) is 0 Å². The number of carbonyl (C=O) groups excluding carboxylic acids is 1. The van der Waals surface area contributed by atoms with Gasteiger partial charge in [0.05, 0.1) is 9.85 Å². The van der Waals surface area contributed by atoms with Gasteiger partial charge in [-0.05, 0) is 6.92 Å². The molecule has 2 aromatic rings. The van der Waals surface area contributed by atoms with Crippen LogP contribution < -0.4 is 0 Å². The summed E-state index contributed by atoms with van der Waals surface area (Å²) in [5, 5.41) is 21.6. The lowest BCUT2D eigenvalue weighted by molar-refractivity contribution is -0.385. The van der Waals surface area contributed by atoms with E-state index in [0.717, 1.165) is 6.07 Å². The van der Waals surface area contributed by atoms with Gasteiger partial charge in [-0.25, -0.2) is 0 Å². The molecule has 0 aliphatic carbocycles. The summed E-state index contributed by atoms with van der Waals surface area (Å²) < 4.78 is 0. The lowest BCUT2D eigenvalue weighted by Gasteiger charge is -2.03. The van der Waals surface area contributed by atoms with Crippen LogP contribution in [0.2, 0.25) is 0 Å². The summed E-state index contributed by atoms with van der Waals surface area (Å²) in [7, 11) is 0. The largest absolute Gasteiger partial charge is 0.289 e. The standard InChI is InChI=1S/C14H10N2O5/c1-9-5-6-11(8-13(9)16(20)21)14(17)10-3-2-4-12(7-10)15(18)19/h2-8H,1H3. The normalized spacial score (nSPS) is 10.1. The smallest absolute Gasteiger partial charge is 0.273 e. The molecule has 7 nitrogen and oxygen atoms in total. The molecule has 2 aromatic carbocycles. The van der Waals surface area contributed by atoms with E-state index in [2.05, 4.69) is 0 Å². The minimum atomic E-state index is -0.603. The molecule has 0 saturated carbocycles. The van der Waals surface area contributed by atoms with Gasteiger partial charge < -0.3 is 0 Å². The average molecular weight is 286 g/mol. The summed E-state index contributed by atoms with van der Waals surface area (Å²) in [6.07, 6.45) is 0. The Morgan fingerprint density at radius 2 is 1.62 bits per heavy atom. The molecule has 0 saturated heterocycles. The predicted octanol–water partition coefficient (Wildman–Crippen LogP) is 3.04. The molecule has 0 fully saturated rings. The predicted molar refractivity (Wildman–Crippen MR) is 74.4 cm³/mol. The molecular formula is C14H10N2O5. The monoisotopic (exact) mass is 286 g/mol. The number of nitro groups is 2. The summed E-state index contributed by atoms with van der Waals surface area (Å²) in [6, 6.07) is 9.36. The second-order valence-electron chi connectivity index (χ2n) is 4.39. The number of ketones is 1. The molecular weight excluding hydrogens is 276 g/mol. The van der Waals surface area contributed by atoms with Gasteiger partial charge in [0.25, 0.3) is 11.4 Å². The highest BCUT2D eigenvalue weighted by molar-refractivity contribution is 6.09. The van der Waals surface area contributed by atoms with Crippen LogP contribution in [-0.4, -0.2) is 15.6 Å². The van der Waals surface area contributed by atoms with Crippen LogP contribution in [0.5, 0.6) is 0 Å². The Labute approximate surface area is 119 Å². The maximum Gasteiger partial charge on any atom is 0.273 e. The molecule has 0 atom stereocenters. The zero-order valence-corrected chi connectivity index (χ0v) is 11.0. The second-order valence-corrected chi connectivity index (χ2v) is 4.39. The van der Waals surface area contributed by atoms with Gasteiger partial charge in [-0.3, -0.25) is 25.0 Å². The number of nitro benzene ring substituents is 2. The van der Waals surface area contributed by atoms with E-state index in [0.29, 0.717) is 5.56 Å². The quantitative estimate of drug-likeness (QED) is 0.488.